The lowest BCUT2D eigenvalue weighted by atomic mass is 10.2. The Morgan fingerprint density at radius 1 is 0.909 bits per heavy atom. The molecule has 1 saturated heterocycles. The average molecular weight is 629 g/mol. The lowest BCUT2D eigenvalue weighted by molar-refractivity contribution is 0.247. The van der Waals surface area contributed by atoms with Crippen molar-refractivity contribution in [3.63, 3.8) is 0 Å². The van der Waals surface area contributed by atoms with Crippen LogP contribution in [0.15, 0.2) is 102 Å². The first-order valence-electron chi connectivity index (χ1n) is 14.6. The van der Waals surface area contributed by atoms with Crippen LogP contribution in [0.3, 0.4) is 0 Å². The lowest BCUT2D eigenvalue weighted by Gasteiger charge is -2.27. The normalized spacial score (nSPS) is 15.7. The Kier molecular flexibility index (Phi) is 12.0. The van der Waals surface area contributed by atoms with Gasteiger partial charge in [-0.25, -0.2) is 8.93 Å². The molecule has 1 fully saturated rings. The molecule has 1 unspecified atom stereocenters. The highest BCUT2D eigenvalue weighted by Crippen LogP contribution is 2.20. The van der Waals surface area contributed by atoms with E-state index in [-0.39, 0.29) is 6.04 Å². The molecular weight excluding hydrogens is 588 g/mol. The maximum atomic E-state index is 13.8. The Balaban J connectivity index is 0.000000375. The van der Waals surface area contributed by atoms with E-state index in [0.717, 1.165) is 61.2 Å². The minimum atomic E-state index is -2.79. The number of nitriles is 1. The summed E-state index contributed by atoms with van der Waals surface area (Å²) in [6.45, 7) is 8.99. The summed E-state index contributed by atoms with van der Waals surface area (Å²) in [4.78, 5) is 5.46. The number of nitrogens with one attached hydrogen (secondary N) is 1. The second kappa shape index (κ2) is 15.9. The van der Waals surface area contributed by atoms with Crippen LogP contribution in [0.25, 0.3) is 0 Å². The fourth-order valence-electron chi connectivity index (χ4n) is 5.37. The number of nitrogens with zero attached hydrogens (tertiary/aromatic N) is 3. The third kappa shape index (κ3) is 9.95. The van der Waals surface area contributed by atoms with Crippen molar-refractivity contribution in [2.75, 3.05) is 33.3 Å². The molecule has 0 saturated carbocycles. The number of hydrogen-bond acceptors (Lipinski definition) is 5. The summed E-state index contributed by atoms with van der Waals surface area (Å²) in [5.74, 6) is 4.90. The molecular formula is C36H41ClN4O2S. The lowest BCUT2D eigenvalue weighted by Crippen LogP contribution is -2.46. The van der Waals surface area contributed by atoms with E-state index in [1.54, 1.807) is 25.3 Å². The number of halogens is 1. The van der Waals surface area contributed by atoms with E-state index in [4.69, 9.17) is 16.3 Å². The van der Waals surface area contributed by atoms with Gasteiger partial charge in [0.05, 0.1) is 28.5 Å². The van der Waals surface area contributed by atoms with Crippen LogP contribution in [0.2, 0.25) is 5.02 Å². The fraction of sp³-hybridized carbons (Fsp3) is 0.278. The van der Waals surface area contributed by atoms with Crippen LogP contribution in [-0.2, 0) is 22.8 Å². The highest BCUT2D eigenvalue weighted by Gasteiger charge is 2.26. The van der Waals surface area contributed by atoms with Crippen LogP contribution in [0.4, 0.5) is 0 Å². The summed E-state index contributed by atoms with van der Waals surface area (Å²) in [5, 5.41) is 10.0. The van der Waals surface area contributed by atoms with Crippen LogP contribution >= 0.6 is 11.6 Å². The first kappa shape index (κ1) is 33.3. The number of ether oxygens (including phenoxy) is 1. The molecule has 1 aliphatic rings. The molecule has 8 heteroatoms. The van der Waals surface area contributed by atoms with Crippen molar-refractivity contribution in [1.82, 2.24) is 14.5 Å². The first-order valence-corrected chi connectivity index (χ1v) is 16.7. The zero-order chi connectivity index (χ0) is 31.5. The molecule has 6 nitrogen and oxygen atoms in total. The number of aryl methyl sites for hydroxylation is 2. The molecule has 230 valence electrons. The standard InChI is InChI=1S/C28H32N4OS.C8H9ClO/c1-23-13-14-26(18-29)17-28(23)34(2,33)30-27-21-31(19-24-9-5-3-6-10-24)15-16-32(22-27)20-25-11-7-4-8-12-25;1-6-3-7(9)5-8(4-6)10-2/h3-14,17,27H,2,15-16,19-22H2,1H3,(H,30,33);3-5H,1-2H3. The van der Waals surface area contributed by atoms with E-state index in [1.807, 2.05) is 44.2 Å². The van der Waals surface area contributed by atoms with Crippen LogP contribution < -0.4 is 9.46 Å². The van der Waals surface area contributed by atoms with Gasteiger partial charge in [-0.1, -0.05) is 78.3 Å². The predicted molar refractivity (Wildman–Crippen MR) is 183 cm³/mol. The Morgan fingerprint density at radius 2 is 1.48 bits per heavy atom. The van der Waals surface area contributed by atoms with E-state index >= 15 is 0 Å². The van der Waals surface area contributed by atoms with Gasteiger partial charge >= 0.3 is 0 Å². The quantitative estimate of drug-likeness (QED) is 0.226. The maximum Gasteiger partial charge on any atom is 0.120 e. The number of benzene rings is 4. The molecule has 0 aromatic heterocycles. The van der Waals surface area contributed by atoms with Gasteiger partial charge in [0.2, 0.25) is 0 Å². The molecule has 1 N–H and O–H groups in total. The van der Waals surface area contributed by atoms with E-state index in [1.165, 1.54) is 11.1 Å². The largest absolute Gasteiger partial charge is 0.497 e. The average Bonchev–Trinajstić information content (AvgIpc) is 3.18. The summed E-state index contributed by atoms with van der Waals surface area (Å²) in [7, 11) is -1.16. The van der Waals surface area contributed by atoms with Gasteiger partial charge in [-0.05, 0) is 72.3 Å². The molecule has 0 amide bonds. The first-order chi connectivity index (χ1) is 21.1. The summed E-state index contributed by atoms with van der Waals surface area (Å²) in [6.07, 6.45) is 0. The molecule has 1 atom stereocenters. The van der Waals surface area contributed by atoms with Crippen LogP contribution in [0, 0.1) is 25.2 Å². The minimum Gasteiger partial charge on any atom is -0.497 e. The molecule has 0 aliphatic carbocycles. The maximum absolute atomic E-state index is 13.8. The molecule has 1 heterocycles. The van der Waals surface area contributed by atoms with E-state index in [2.05, 4.69) is 75.0 Å². The van der Waals surface area contributed by atoms with Crippen molar-refractivity contribution in [2.24, 2.45) is 0 Å². The predicted octanol–water partition coefficient (Wildman–Crippen LogP) is 6.49. The monoisotopic (exact) mass is 628 g/mol. The molecule has 0 radical (unpaired) electrons. The second-order valence-electron chi connectivity index (χ2n) is 11.2. The number of hydrogen-bond donors (Lipinski definition) is 1. The highest BCUT2D eigenvalue weighted by molar-refractivity contribution is 7.98. The zero-order valence-corrected chi connectivity index (χ0v) is 27.3. The Labute approximate surface area is 268 Å². The van der Waals surface area contributed by atoms with Crippen molar-refractivity contribution in [1.29, 1.82) is 5.26 Å². The van der Waals surface area contributed by atoms with E-state index in [9.17, 15) is 9.47 Å². The van der Waals surface area contributed by atoms with Gasteiger partial charge in [-0.15, -0.1) is 0 Å². The Morgan fingerprint density at radius 3 is 1.98 bits per heavy atom. The van der Waals surface area contributed by atoms with Crippen LogP contribution in [0.5, 0.6) is 5.75 Å². The third-order valence-corrected chi connectivity index (χ3v) is 9.55. The van der Waals surface area contributed by atoms with Crippen molar-refractivity contribution >= 4 is 27.2 Å². The summed E-state index contributed by atoms with van der Waals surface area (Å²) < 4.78 is 22.2. The van der Waals surface area contributed by atoms with Crippen molar-refractivity contribution < 1.29 is 8.95 Å². The van der Waals surface area contributed by atoms with Gasteiger partial charge in [0.1, 0.15) is 5.75 Å². The second-order valence-corrected chi connectivity index (χ2v) is 13.7. The van der Waals surface area contributed by atoms with E-state index in [0.29, 0.717) is 10.5 Å². The fourth-order valence-corrected chi connectivity index (χ4v) is 7.37. The van der Waals surface area contributed by atoms with Crippen LogP contribution in [-0.4, -0.2) is 59.2 Å². The van der Waals surface area contributed by atoms with Crippen LogP contribution in [0.1, 0.15) is 27.8 Å². The highest BCUT2D eigenvalue weighted by atomic mass is 35.5. The van der Waals surface area contributed by atoms with Gasteiger partial charge in [0, 0.05) is 55.2 Å². The van der Waals surface area contributed by atoms with Crippen molar-refractivity contribution in [3.05, 3.63) is 130 Å². The smallest absolute Gasteiger partial charge is 0.120 e. The molecule has 44 heavy (non-hydrogen) atoms. The molecule has 4 aromatic carbocycles. The Bertz CT molecular complexity index is 1590. The molecule has 0 bridgehead atoms. The molecule has 1 aliphatic heterocycles. The zero-order valence-electron chi connectivity index (χ0n) is 25.7. The van der Waals surface area contributed by atoms with Gasteiger partial charge in [-0.2, -0.15) is 5.26 Å². The SMILES string of the molecule is C=S(=O)(NC1CN(Cc2ccccc2)CCN(Cc2ccccc2)C1)c1cc(C#N)ccc1C.COc1cc(C)cc(Cl)c1. The molecule has 5 rings (SSSR count). The third-order valence-electron chi connectivity index (χ3n) is 7.47. The number of rotatable bonds is 8. The van der Waals surface area contributed by atoms with E-state index < -0.39 is 9.71 Å². The minimum absolute atomic E-state index is 0.0370. The molecule has 4 aromatic rings. The van der Waals surface area contributed by atoms with Gasteiger partial charge in [0.15, 0.2) is 0 Å². The van der Waals surface area contributed by atoms with Gasteiger partial charge < -0.3 is 4.74 Å². The molecule has 0 spiro atoms. The summed E-state index contributed by atoms with van der Waals surface area (Å²) in [6, 6.07) is 34.0. The van der Waals surface area contributed by atoms with Gasteiger partial charge in [-0.3, -0.25) is 9.80 Å². The number of methoxy groups -OCH3 is 1. The van der Waals surface area contributed by atoms with Crippen molar-refractivity contribution in [2.45, 2.75) is 37.9 Å². The van der Waals surface area contributed by atoms with Crippen molar-refractivity contribution in [3.8, 4) is 11.8 Å². The Hall–Kier alpha value is -3.64. The topological polar surface area (TPSA) is 68.6 Å². The summed E-state index contributed by atoms with van der Waals surface area (Å²) in [5.41, 5.74) is 5.03. The summed E-state index contributed by atoms with van der Waals surface area (Å²) >= 11 is 5.75. The van der Waals surface area contributed by atoms with Gasteiger partial charge in [0.25, 0.3) is 0 Å².